The molecule has 0 saturated heterocycles. The molecule has 0 saturated carbocycles. The molecule has 0 atom stereocenters. The van der Waals surface area contributed by atoms with Crippen LogP contribution in [-0.4, -0.2) is 9.97 Å². The van der Waals surface area contributed by atoms with Gasteiger partial charge in [0.15, 0.2) is 5.82 Å². The van der Waals surface area contributed by atoms with Crippen LogP contribution in [0.1, 0.15) is 10.7 Å². The maximum absolute atomic E-state index is 11.8. The van der Waals surface area contributed by atoms with Crippen LogP contribution in [0, 0.1) is 0 Å². The summed E-state index contributed by atoms with van der Waals surface area (Å²) in [5.74, 6) is 0.738. The minimum Gasteiger partial charge on any atom is -0.336 e. The highest BCUT2D eigenvalue weighted by molar-refractivity contribution is 7.17. The van der Waals surface area contributed by atoms with Gasteiger partial charge in [-0.3, -0.25) is 4.79 Å². The van der Waals surface area contributed by atoms with Gasteiger partial charge in [-0.15, -0.1) is 22.7 Å². The minimum absolute atomic E-state index is 0.0328. The van der Waals surface area contributed by atoms with Gasteiger partial charge >= 0.3 is 0 Å². The van der Waals surface area contributed by atoms with E-state index in [0.717, 1.165) is 17.9 Å². The van der Waals surface area contributed by atoms with Crippen LogP contribution in [0.15, 0.2) is 33.8 Å². The second-order valence-corrected chi connectivity index (χ2v) is 5.87. The highest BCUT2D eigenvalue weighted by atomic mass is 32.1. The summed E-state index contributed by atoms with van der Waals surface area (Å²) < 4.78 is 0.706. The second-order valence-electron chi connectivity index (χ2n) is 3.92. The molecule has 3 aromatic rings. The Balaban J connectivity index is 1.72. The van der Waals surface area contributed by atoms with E-state index in [1.807, 2.05) is 17.5 Å². The van der Waals surface area contributed by atoms with Gasteiger partial charge in [-0.25, -0.2) is 4.98 Å². The predicted molar refractivity (Wildman–Crippen MR) is 73.9 cm³/mol. The Morgan fingerprint density at radius 3 is 3.00 bits per heavy atom. The van der Waals surface area contributed by atoms with Crippen LogP contribution in [-0.2, 0) is 13.1 Å². The zero-order valence-electron chi connectivity index (χ0n) is 9.55. The number of fused-ring (bicyclic) bond motifs is 1. The smallest absolute Gasteiger partial charge is 0.269 e. The van der Waals surface area contributed by atoms with Crippen LogP contribution < -0.4 is 10.9 Å². The van der Waals surface area contributed by atoms with Gasteiger partial charge in [0, 0.05) is 0 Å². The van der Waals surface area contributed by atoms with Crippen molar-refractivity contribution in [2.75, 3.05) is 0 Å². The molecule has 0 aliphatic carbocycles. The molecule has 6 heteroatoms. The molecule has 0 aromatic carbocycles. The molecular weight excluding hydrogens is 266 g/mol. The first-order valence-corrected chi connectivity index (χ1v) is 7.39. The van der Waals surface area contributed by atoms with Crippen molar-refractivity contribution >= 4 is 32.9 Å². The van der Waals surface area contributed by atoms with Crippen molar-refractivity contribution in [3.05, 3.63) is 50.0 Å². The van der Waals surface area contributed by atoms with Gasteiger partial charge in [-0.2, -0.15) is 0 Å². The first-order chi connectivity index (χ1) is 8.83. The molecule has 0 spiro atoms. The number of H-pyrrole nitrogens is 1. The fourth-order valence-electron chi connectivity index (χ4n) is 1.80. The summed E-state index contributed by atoms with van der Waals surface area (Å²) >= 11 is 3.17. The zero-order valence-corrected chi connectivity index (χ0v) is 11.2. The molecule has 92 valence electrons. The average Bonchev–Trinajstić information content (AvgIpc) is 2.99. The third-order valence-corrected chi connectivity index (χ3v) is 4.43. The number of hydrogen-bond acceptors (Lipinski definition) is 4. The van der Waals surface area contributed by atoms with Gasteiger partial charge in [0.1, 0.15) is 17.8 Å². The molecule has 4 nitrogen and oxygen atoms in total. The Hall–Kier alpha value is -1.50. The maximum atomic E-state index is 11.8. The van der Waals surface area contributed by atoms with E-state index in [2.05, 4.69) is 26.7 Å². The van der Waals surface area contributed by atoms with E-state index >= 15 is 0 Å². The average molecular weight is 278 g/mol. The zero-order chi connectivity index (χ0) is 12.4. The summed E-state index contributed by atoms with van der Waals surface area (Å²) in [6.07, 6.45) is 0. The summed E-state index contributed by atoms with van der Waals surface area (Å²) in [5, 5.41) is 6.11. The molecule has 3 N–H and O–H groups in total. The van der Waals surface area contributed by atoms with E-state index in [1.54, 1.807) is 11.3 Å². The maximum Gasteiger partial charge on any atom is 0.269 e. The van der Waals surface area contributed by atoms with E-state index in [0.29, 0.717) is 11.2 Å². The predicted octanol–water partition coefficient (Wildman–Crippen LogP) is 1.31. The van der Waals surface area contributed by atoms with Crippen LogP contribution in [0.2, 0.25) is 0 Å². The van der Waals surface area contributed by atoms with Crippen molar-refractivity contribution in [2.24, 2.45) is 0 Å². The molecule has 18 heavy (non-hydrogen) atoms. The molecule has 3 heterocycles. The number of thiophene rings is 2. The fourth-order valence-corrected chi connectivity index (χ4v) is 3.23. The van der Waals surface area contributed by atoms with E-state index in [-0.39, 0.29) is 5.56 Å². The Morgan fingerprint density at radius 1 is 1.22 bits per heavy atom. The Labute approximate surface area is 111 Å². The fraction of sp³-hybridized carbons (Fsp3) is 0.167. The van der Waals surface area contributed by atoms with Crippen LogP contribution in [0.4, 0.5) is 0 Å². The summed E-state index contributed by atoms with van der Waals surface area (Å²) in [6, 6.07) is 6.04. The van der Waals surface area contributed by atoms with Gasteiger partial charge in [0.05, 0.1) is 10.4 Å². The quantitative estimate of drug-likeness (QED) is 0.756. The largest absolute Gasteiger partial charge is 0.336 e. The van der Waals surface area contributed by atoms with Crippen LogP contribution in [0.5, 0.6) is 0 Å². The van der Waals surface area contributed by atoms with Crippen LogP contribution in [0.25, 0.3) is 10.2 Å². The number of quaternary nitrogens is 1. The van der Waals surface area contributed by atoms with Crippen molar-refractivity contribution in [3.63, 3.8) is 0 Å². The lowest BCUT2D eigenvalue weighted by Gasteiger charge is -2.00. The highest BCUT2D eigenvalue weighted by Crippen LogP contribution is 2.13. The summed E-state index contributed by atoms with van der Waals surface area (Å²) in [5.41, 5.74) is 0.762. The third-order valence-electron chi connectivity index (χ3n) is 2.63. The van der Waals surface area contributed by atoms with Crippen molar-refractivity contribution in [1.82, 2.24) is 9.97 Å². The summed E-state index contributed by atoms with van der Waals surface area (Å²) in [6.45, 7) is 1.61. The van der Waals surface area contributed by atoms with E-state index in [1.165, 1.54) is 16.2 Å². The highest BCUT2D eigenvalue weighted by Gasteiger charge is 2.06. The molecule has 0 amide bonds. The van der Waals surface area contributed by atoms with E-state index < -0.39 is 0 Å². The van der Waals surface area contributed by atoms with Gasteiger partial charge in [0.25, 0.3) is 5.56 Å². The molecule has 3 aromatic heterocycles. The van der Waals surface area contributed by atoms with E-state index in [9.17, 15) is 4.79 Å². The van der Waals surface area contributed by atoms with Gasteiger partial charge < -0.3 is 10.3 Å². The summed E-state index contributed by atoms with van der Waals surface area (Å²) in [7, 11) is 0. The Kier molecular flexibility index (Phi) is 3.22. The standard InChI is InChI=1S/C12H11N3OS2/c16-12-11-9(3-5-18-11)14-10(15-12)7-13-6-8-2-1-4-17-8/h1-5,13H,6-7H2,(H,14,15,16)/p+1. The lowest BCUT2D eigenvalue weighted by atomic mass is 10.4. The number of aromatic amines is 1. The third kappa shape index (κ3) is 2.35. The number of nitrogens with two attached hydrogens (primary N) is 1. The second kappa shape index (κ2) is 5.01. The number of rotatable bonds is 4. The van der Waals surface area contributed by atoms with Crippen LogP contribution in [0.3, 0.4) is 0 Å². The topological polar surface area (TPSA) is 62.4 Å². The molecule has 0 aliphatic rings. The normalized spacial score (nSPS) is 11.1. The van der Waals surface area contributed by atoms with Gasteiger partial charge in [-0.05, 0) is 22.9 Å². The van der Waals surface area contributed by atoms with Crippen molar-refractivity contribution in [1.29, 1.82) is 0 Å². The number of nitrogens with one attached hydrogen (secondary N) is 1. The number of hydrogen-bond donors (Lipinski definition) is 2. The molecule has 0 aliphatic heterocycles. The van der Waals surface area contributed by atoms with E-state index in [4.69, 9.17) is 0 Å². The van der Waals surface area contributed by atoms with Gasteiger partial charge in [0.2, 0.25) is 0 Å². The molecular formula is C12H12N3OS2+. The lowest BCUT2D eigenvalue weighted by molar-refractivity contribution is -0.686. The summed E-state index contributed by atoms with van der Waals surface area (Å²) in [4.78, 5) is 20.4. The Morgan fingerprint density at radius 2 is 2.17 bits per heavy atom. The van der Waals surface area contributed by atoms with Crippen molar-refractivity contribution in [3.8, 4) is 0 Å². The molecule has 0 fully saturated rings. The van der Waals surface area contributed by atoms with Crippen molar-refractivity contribution in [2.45, 2.75) is 13.1 Å². The molecule has 0 radical (unpaired) electrons. The number of aromatic nitrogens is 2. The lowest BCUT2D eigenvalue weighted by Crippen LogP contribution is -2.81. The van der Waals surface area contributed by atoms with Crippen molar-refractivity contribution < 1.29 is 5.32 Å². The molecule has 0 unspecified atom stereocenters. The molecule has 0 bridgehead atoms. The Bertz CT molecular complexity index is 700. The SMILES string of the molecule is O=c1[nH]c(C[NH2+]Cc2cccs2)nc2ccsc12. The minimum atomic E-state index is -0.0328. The first-order valence-electron chi connectivity index (χ1n) is 5.63. The first kappa shape index (κ1) is 11.6. The monoisotopic (exact) mass is 278 g/mol. The van der Waals surface area contributed by atoms with Gasteiger partial charge in [-0.1, -0.05) is 6.07 Å². The van der Waals surface area contributed by atoms with Crippen LogP contribution >= 0.6 is 22.7 Å². The molecule has 3 rings (SSSR count). The number of nitrogens with zero attached hydrogens (tertiary/aromatic N) is 1.